The highest BCUT2D eigenvalue weighted by molar-refractivity contribution is 5.68. The molecular weight excluding hydrogens is 256 g/mol. The number of hydrogen-bond donors (Lipinski definition) is 0. The van der Waals surface area contributed by atoms with E-state index in [1.54, 1.807) is 0 Å². The van der Waals surface area contributed by atoms with Gasteiger partial charge in [0.15, 0.2) is 0 Å². The first kappa shape index (κ1) is 18.9. The number of carboxylic acids is 2. The van der Waals surface area contributed by atoms with Crippen LogP contribution in [-0.4, -0.2) is 11.9 Å². The zero-order valence-electron chi connectivity index (χ0n) is 12.9. The molecule has 0 radical (unpaired) electrons. The molecule has 0 aliphatic heterocycles. The first-order valence-corrected chi connectivity index (χ1v) is 7.93. The Bertz CT molecular complexity index is 276. The molecule has 0 aliphatic carbocycles. The molecule has 0 aromatic rings. The molecule has 118 valence electrons. The Balaban J connectivity index is 4.46. The van der Waals surface area contributed by atoms with Crippen molar-refractivity contribution in [1.29, 1.82) is 0 Å². The van der Waals surface area contributed by atoms with Crippen LogP contribution < -0.4 is 10.2 Å². The van der Waals surface area contributed by atoms with E-state index in [-0.39, 0.29) is 12.3 Å². The Labute approximate surface area is 122 Å². The van der Waals surface area contributed by atoms with Gasteiger partial charge >= 0.3 is 0 Å². The van der Waals surface area contributed by atoms with Crippen LogP contribution in [0.1, 0.15) is 78.1 Å². The van der Waals surface area contributed by atoms with E-state index in [1.807, 2.05) is 0 Å². The lowest BCUT2D eigenvalue weighted by Gasteiger charge is -2.28. The summed E-state index contributed by atoms with van der Waals surface area (Å²) >= 11 is 0. The van der Waals surface area contributed by atoms with Gasteiger partial charge in [0, 0.05) is 17.9 Å². The van der Waals surface area contributed by atoms with Gasteiger partial charge in [0.05, 0.1) is 0 Å². The van der Waals surface area contributed by atoms with E-state index in [4.69, 9.17) is 0 Å². The van der Waals surface area contributed by atoms with Crippen molar-refractivity contribution in [3.63, 3.8) is 0 Å². The normalized spacial score (nSPS) is 13.9. The summed E-state index contributed by atoms with van der Waals surface area (Å²) in [6.07, 6.45) is 7.79. The summed E-state index contributed by atoms with van der Waals surface area (Å²) in [6, 6.07) is 0. The molecule has 4 nitrogen and oxygen atoms in total. The fraction of sp³-hybridized carbons (Fsp3) is 0.875. The van der Waals surface area contributed by atoms with Gasteiger partial charge in [-0.25, -0.2) is 0 Å². The van der Waals surface area contributed by atoms with Crippen molar-refractivity contribution in [1.82, 2.24) is 0 Å². The number of carbonyl (C=O) groups is 2. The molecule has 0 bridgehead atoms. The van der Waals surface area contributed by atoms with Gasteiger partial charge in [-0.15, -0.1) is 0 Å². The first-order valence-electron chi connectivity index (χ1n) is 7.93. The van der Waals surface area contributed by atoms with E-state index in [1.165, 1.54) is 0 Å². The minimum atomic E-state index is -1.11. The molecule has 0 fully saturated rings. The maximum Gasteiger partial charge on any atom is 0.0448 e. The molecule has 2 atom stereocenters. The van der Waals surface area contributed by atoms with E-state index in [9.17, 15) is 19.8 Å². The van der Waals surface area contributed by atoms with Crippen LogP contribution in [0.5, 0.6) is 0 Å². The molecule has 0 saturated carbocycles. The lowest BCUT2D eigenvalue weighted by atomic mass is 9.81. The van der Waals surface area contributed by atoms with Crippen LogP contribution in [0.2, 0.25) is 0 Å². The first-order chi connectivity index (χ1) is 9.52. The molecule has 0 rings (SSSR count). The van der Waals surface area contributed by atoms with E-state index in [0.717, 1.165) is 44.9 Å². The van der Waals surface area contributed by atoms with Crippen molar-refractivity contribution in [3.05, 3.63) is 0 Å². The highest BCUT2D eigenvalue weighted by Gasteiger charge is 2.21. The lowest BCUT2D eigenvalue weighted by molar-refractivity contribution is -0.315. The number of hydrogen-bond acceptors (Lipinski definition) is 4. The van der Waals surface area contributed by atoms with Gasteiger partial charge in [0.25, 0.3) is 0 Å². The third-order valence-corrected chi connectivity index (χ3v) is 3.87. The smallest absolute Gasteiger partial charge is 0.0448 e. The third kappa shape index (κ3) is 8.94. The van der Waals surface area contributed by atoms with E-state index in [0.29, 0.717) is 12.8 Å². The van der Waals surface area contributed by atoms with Crippen LogP contribution in [0.3, 0.4) is 0 Å². The summed E-state index contributed by atoms with van der Waals surface area (Å²) in [7, 11) is 0. The molecule has 0 amide bonds. The molecule has 2 unspecified atom stereocenters. The lowest BCUT2D eigenvalue weighted by Crippen LogP contribution is -2.36. The van der Waals surface area contributed by atoms with Gasteiger partial charge in [-0.1, -0.05) is 46.0 Å². The van der Waals surface area contributed by atoms with Crippen molar-refractivity contribution >= 4 is 11.9 Å². The van der Waals surface area contributed by atoms with Gasteiger partial charge in [0.1, 0.15) is 0 Å². The number of carbonyl (C=O) groups excluding carboxylic acids is 2. The molecule has 0 aliphatic rings. The monoisotopic (exact) mass is 284 g/mol. The number of aliphatic carboxylic acids is 2. The maximum atomic E-state index is 11.3. The largest absolute Gasteiger partial charge is 0.550 e. The predicted octanol–water partition coefficient (Wildman–Crippen LogP) is 1.66. The summed E-state index contributed by atoms with van der Waals surface area (Å²) in [4.78, 5) is 21.8. The number of rotatable bonds is 13. The van der Waals surface area contributed by atoms with Gasteiger partial charge < -0.3 is 19.8 Å². The molecule has 0 saturated heterocycles. The summed E-state index contributed by atoms with van der Waals surface area (Å²) in [5.41, 5.74) is 0. The van der Waals surface area contributed by atoms with Crippen LogP contribution in [0.4, 0.5) is 0 Å². The molecule has 4 heteroatoms. The second-order valence-electron chi connectivity index (χ2n) is 5.59. The van der Waals surface area contributed by atoms with E-state index >= 15 is 0 Å². The Morgan fingerprint density at radius 1 is 0.850 bits per heavy atom. The zero-order valence-corrected chi connectivity index (χ0v) is 12.9. The van der Waals surface area contributed by atoms with Crippen molar-refractivity contribution in [2.75, 3.05) is 0 Å². The summed E-state index contributed by atoms with van der Waals surface area (Å²) in [5.74, 6) is -2.54. The van der Waals surface area contributed by atoms with Gasteiger partial charge in [-0.2, -0.15) is 0 Å². The van der Waals surface area contributed by atoms with Crippen LogP contribution >= 0.6 is 0 Å². The zero-order chi connectivity index (χ0) is 15.4. The molecule has 0 N–H and O–H groups in total. The van der Waals surface area contributed by atoms with Crippen molar-refractivity contribution < 1.29 is 19.8 Å². The molecule has 20 heavy (non-hydrogen) atoms. The Kier molecular flexibility index (Phi) is 11.1. The average Bonchev–Trinajstić information content (AvgIpc) is 2.39. The topological polar surface area (TPSA) is 80.3 Å². The standard InChI is InChI=1S/C16H30O4/c1-3-5-7-10-13(9-6-4-2)14(16(19)20)11-8-12-15(17)18/h13-14H,3-12H2,1-2H3,(H,17,18)(H,19,20)/p-2. The second-order valence-corrected chi connectivity index (χ2v) is 5.59. The van der Waals surface area contributed by atoms with Crippen molar-refractivity contribution in [2.45, 2.75) is 78.1 Å². The van der Waals surface area contributed by atoms with Crippen molar-refractivity contribution in [2.24, 2.45) is 11.8 Å². The van der Waals surface area contributed by atoms with Crippen LogP contribution in [0.25, 0.3) is 0 Å². The molecule has 0 aromatic heterocycles. The maximum absolute atomic E-state index is 11.3. The van der Waals surface area contributed by atoms with Crippen LogP contribution in [0.15, 0.2) is 0 Å². The second kappa shape index (κ2) is 11.7. The Morgan fingerprint density at radius 3 is 1.95 bits per heavy atom. The van der Waals surface area contributed by atoms with Gasteiger partial charge in [0.2, 0.25) is 0 Å². The molecule has 0 heterocycles. The van der Waals surface area contributed by atoms with E-state index in [2.05, 4.69) is 13.8 Å². The summed E-state index contributed by atoms with van der Waals surface area (Å²) in [5, 5.41) is 21.8. The number of unbranched alkanes of at least 4 members (excludes halogenated alkanes) is 3. The Hall–Kier alpha value is -1.06. The highest BCUT2D eigenvalue weighted by Crippen LogP contribution is 2.28. The Morgan fingerprint density at radius 2 is 1.45 bits per heavy atom. The average molecular weight is 284 g/mol. The highest BCUT2D eigenvalue weighted by atomic mass is 16.4. The predicted molar refractivity (Wildman–Crippen MR) is 74.5 cm³/mol. The van der Waals surface area contributed by atoms with Crippen LogP contribution in [-0.2, 0) is 9.59 Å². The fourth-order valence-corrected chi connectivity index (χ4v) is 2.68. The minimum Gasteiger partial charge on any atom is -0.550 e. The summed E-state index contributed by atoms with van der Waals surface area (Å²) in [6.45, 7) is 4.21. The minimum absolute atomic E-state index is 0.0702. The van der Waals surface area contributed by atoms with Crippen LogP contribution in [0, 0.1) is 11.8 Å². The number of carboxylic acid groups (broad SMARTS) is 2. The quantitative estimate of drug-likeness (QED) is 0.482. The fourth-order valence-electron chi connectivity index (χ4n) is 2.68. The van der Waals surface area contributed by atoms with Gasteiger partial charge in [-0.05, 0) is 38.0 Å². The molecular formula is C16H28O4-2. The summed E-state index contributed by atoms with van der Waals surface area (Å²) < 4.78 is 0. The SMILES string of the molecule is CCCCCC(CCCC)C(CCCC(=O)[O-])C(=O)[O-]. The molecule has 0 aromatic carbocycles. The van der Waals surface area contributed by atoms with Crippen molar-refractivity contribution in [3.8, 4) is 0 Å². The molecule has 0 spiro atoms. The third-order valence-electron chi connectivity index (χ3n) is 3.87. The van der Waals surface area contributed by atoms with Gasteiger partial charge in [-0.3, -0.25) is 0 Å². The van der Waals surface area contributed by atoms with E-state index < -0.39 is 17.9 Å².